The van der Waals surface area contributed by atoms with E-state index in [1.54, 1.807) is 24.4 Å². The number of ketones is 1. The van der Waals surface area contributed by atoms with Gasteiger partial charge in [0.05, 0.1) is 23.9 Å². The molecular weight excluding hydrogens is 428 g/mol. The van der Waals surface area contributed by atoms with Gasteiger partial charge in [-0.2, -0.15) is 0 Å². The van der Waals surface area contributed by atoms with Gasteiger partial charge in [0.2, 0.25) is 5.78 Å². The number of amides is 1. The molecule has 0 radical (unpaired) electrons. The number of hydrogen-bond donors (Lipinski definition) is 1. The zero-order valence-electron chi connectivity index (χ0n) is 18.9. The summed E-state index contributed by atoms with van der Waals surface area (Å²) < 4.78 is 5.78. The van der Waals surface area contributed by atoms with Crippen molar-refractivity contribution in [1.29, 1.82) is 0 Å². The number of rotatable bonds is 6. The first-order valence-electron chi connectivity index (χ1n) is 11.2. The van der Waals surface area contributed by atoms with E-state index in [2.05, 4.69) is 18.8 Å². The Bertz CT molecular complexity index is 1370. The number of furan rings is 1. The Morgan fingerprint density at radius 1 is 1.06 bits per heavy atom. The van der Waals surface area contributed by atoms with Crippen LogP contribution in [0.5, 0.6) is 0 Å². The maximum Gasteiger partial charge on any atom is 0.290 e. The average molecular weight is 453 g/mol. The molecule has 1 aliphatic rings. The van der Waals surface area contributed by atoms with Crippen molar-refractivity contribution in [2.75, 3.05) is 0 Å². The van der Waals surface area contributed by atoms with Crippen LogP contribution in [0.2, 0.25) is 0 Å². The zero-order chi connectivity index (χ0) is 23.8. The molecule has 5 rings (SSSR count). The molecule has 170 valence electrons. The lowest BCUT2D eigenvalue weighted by molar-refractivity contribution is -0.130. The second-order valence-electron chi connectivity index (χ2n) is 8.72. The maximum absolute atomic E-state index is 13.6. The van der Waals surface area contributed by atoms with E-state index < -0.39 is 23.5 Å². The number of carbonyl (C=O) groups is 2. The molecule has 34 heavy (non-hydrogen) atoms. The van der Waals surface area contributed by atoms with Crippen LogP contribution in [-0.4, -0.2) is 26.7 Å². The molecule has 2 aromatic heterocycles. The van der Waals surface area contributed by atoms with Gasteiger partial charge >= 0.3 is 0 Å². The summed E-state index contributed by atoms with van der Waals surface area (Å²) in [5.74, 6) is -1.26. The summed E-state index contributed by atoms with van der Waals surface area (Å²) in [5.41, 5.74) is 3.11. The molecule has 1 N–H and O–H groups in total. The van der Waals surface area contributed by atoms with E-state index in [9.17, 15) is 14.7 Å². The normalized spacial score (nSPS) is 16.1. The minimum Gasteiger partial charge on any atom is -0.503 e. The third-order valence-electron chi connectivity index (χ3n) is 6.17. The molecule has 1 amide bonds. The maximum atomic E-state index is 13.6. The van der Waals surface area contributed by atoms with Crippen LogP contribution in [0.3, 0.4) is 0 Å². The fourth-order valence-corrected chi connectivity index (χ4v) is 4.35. The Morgan fingerprint density at radius 3 is 2.47 bits per heavy atom. The summed E-state index contributed by atoms with van der Waals surface area (Å²) in [5, 5.41) is 11.7. The highest BCUT2D eigenvalue weighted by atomic mass is 16.3. The van der Waals surface area contributed by atoms with Crippen LogP contribution in [-0.2, 0) is 11.3 Å². The molecule has 1 aliphatic heterocycles. The van der Waals surface area contributed by atoms with Crippen LogP contribution in [0.4, 0.5) is 0 Å². The van der Waals surface area contributed by atoms with E-state index in [1.165, 1.54) is 4.90 Å². The number of aromatic nitrogens is 1. The van der Waals surface area contributed by atoms with Crippen molar-refractivity contribution in [2.24, 2.45) is 0 Å². The highest BCUT2D eigenvalue weighted by Crippen LogP contribution is 2.40. The van der Waals surface area contributed by atoms with E-state index in [-0.39, 0.29) is 17.9 Å². The van der Waals surface area contributed by atoms with Crippen LogP contribution in [0, 0.1) is 0 Å². The largest absolute Gasteiger partial charge is 0.503 e. The molecule has 6 heteroatoms. The number of pyridine rings is 1. The van der Waals surface area contributed by atoms with Gasteiger partial charge in [0.25, 0.3) is 5.91 Å². The first-order valence-corrected chi connectivity index (χ1v) is 11.2. The number of para-hydroxylation sites is 1. The molecule has 0 bridgehead atoms. The number of benzene rings is 2. The highest BCUT2D eigenvalue weighted by Gasteiger charge is 2.44. The molecule has 1 atom stereocenters. The van der Waals surface area contributed by atoms with Crippen molar-refractivity contribution in [3.8, 4) is 0 Å². The Kier molecular flexibility index (Phi) is 5.49. The Morgan fingerprint density at radius 2 is 1.79 bits per heavy atom. The number of aliphatic hydroxyl groups excluding tert-OH is 1. The molecule has 0 saturated carbocycles. The van der Waals surface area contributed by atoms with E-state index >= 15 is 0 Å². The first kappa shape index (κ1) is 21.6. The van der Waals surface area contributed by atoms with Gasteiger partial charge in [0, 0.05) is 11.6 Å². The SMILES string of the molecule is CC(C)c1ccc(C2C(C(=O)c3cc4ccccc4o3)=C(O)C(=O)N2Cc2ccccn2)cc1. The number of aliphatic hydroxyl groups is 1. The molecule has 0 aliphatic carbocycles. The van der Waals surface area contributed by atoms with Gasteiger partial charge in [-0.15, -0.1) is 0 Å². The lowest BCUT2D eigenvalue weighted by Gasteiger charge is -2.26. The monoisotopic (exact) mass is 452 g/mol. The zero-order valence-corrected chi connectivity index (χ0v) is 18.9. The minimum absolute atomic E-state index is 0.0114. The van der Waals surface area contributed by atoms with Crippen molar-refractivity contribution in [1.82, 2.24) is 9.88 Å². The fourth-order valence-electron chi connectivity index (χ4n) is 4.35. The van der Waals surface area contributed by atoms with Crippen molar-refractivity contribution in [3.05, 3.63) is 113 Å². The van der Waals surface area contributed by atoms with Gasteiger partial charge in [0.15, 0.2) is 11.5 Å². The van der Waals surface area contributed by atoms with Crippen molar-refractivity contribution >= 4 is 22.7 Å². The summed E-state index contributed by atoms with van der Waals surface area (Å²) in [6.07, 6.45) is 1.65. The highest BCUT2D eigenvalue weighted by molar-refractivity contribution is 6.16. The summed E-state index contributed by atoms with van der Waals surface area (Å²) >= 11 is 0. The lowest BCUT2D eigenvalue weighted by Crippen LogP contribution is -2.31. The number of fused-ring (bicyclic) bond motifs is 1. The van der Waals surface area contributed by atoms with Crippen LogP contribution in [0.25, 0.3) is 11.0 Å². The topological polar surface area (TPSA) is 83.6 Å². The predicted molar refractivity (Wildman–Crippen MR) is 128 cm³/mol. The van der Waals surface area contributed by atoms with Crippen LogP contribution in [0.1, 0.15) is 53.2 Å². The first-order chi connectivity index (χ1) is 16.4. The molecule has 2 aromatic carbocycles. The van der Waals surface area contributed by atoms with Gasteiger partial charge in [-0.1, -0.05) is 62.4 Å². The second kappa shape index (κ2) is 8.63. The standard InChI is InChI=1S/C28H24N2O4/c1-17(2)18-10-12-19(13-11-18)25-24(26(31)23-15-20-7-3-4-9-22(20)34-23)27(32)28(33)30(25)16-21-8-5-6-14-29-21/h3-15,17,25,32H,16H2,1-2H3. The summed E-state index contributed by atoms with van der Waals surface area (Å²) in [6.45, 7) is 4.35. The average Bonchev–Trinajstić information content (AvgIpc) is 3.39. The Hall–Kier alpha value is -4.19. The molecule has 4 aromatic rings. The smallest absolute Gasteiger partial charge is 0.290 e. The van der Waals surface area contributed by atoms with E-state index in [0.29, 0.717) is 17.2 Å². The number of nitrogens with zero attached hydrogens (tertiary/aromatic N) is 2. The number of carbonyl (C=O) groups excluding carboxylic acids is 2. The van der Waals surface area contributed by atoms with Gasteiger partial charge < -0.3 is 14.4 Å². The molecule has 0 spiro atoms. The van der Waals surface area contributed by atoms with E-state index in [4.69, 9.17) is 4.42 Å². The third-order valence-corrected chi connectivity index (χ3v) is 6.17. The van der Waals surface area contributed by atoms with Gasteiger partial charge in [-0.25, -0.2) is 0 Å². The molecular formula is C28H24N2O4. The van der Waals surface area contributed by atoms with E-state index in [0.717, 1.165) is 16.5 Å². The second-order valence-corrected chi connectivity index (χ2v) is 8.72. The van der Waals surface area contributed by atoms with Gasteiger partial charge in [-0.05, 0) is 41.3 Å². The molecule has 1 unspecified atom stereocenters. The van der Waals surface area contributed by atoms with Crippen LogP contribution in [0.15, 0.2) is 94.7 Å². The third kappa shape index (κ3) is 3.77. The molecule has 3 heterocycles. The van der Waals surface area contributed by atoms with Gasteiger partial charge in [-0.3, -0.25) is 14.6 Å². The Labute approximate surface area is 197 Å². The van der Waals surface area contributed by atoms with Crippen LogP contribution >= 0.6 is 0 Å². The number of hydrogen-bond acceptors (Lipinski definition) is 5. The number of Topliss-reactive ketones (excluding diaryl/α,β-unsaturated/α-hetero) is 1. The van der Waals surface area contributed by atoms with Crippen molar-refractivity contribution < 1.29 is 19.1 Å². The lowest BCUT2D eigenvalue weighted by atomic mass is 9.93. The quantitative estimate of drug-likeness (QED) is 0.378. The van der Waals surface area contributed by atoms with Crippen molar-refractivity contribution in [2.45, 2.75) is 32.4 Å². The molecule has 0 fully saturated rings. The summed E-state index contributed by atoms with van der Waals surface area (Å²) in [4.78, 5) is 32.6. The summed E-state index contributed by atoms with van der Waals surface area (Å²) in [7, 11) is 0. The predicted octanol–water partition coefficient (Wildman–Crippen LogP) is 5.73. The molecule has 6 nitrogen and oxygen atoms in total. The summed E-state index contributed by atoms with van der Waals surface area (Å²) in [6, 6.07) is 21.4. The Balaban J connectivity index is 1.59. The van der Waals surface area contributed by atoms with Gasteiger partial charge in [0.1, 0.15) is 5.58 Å². The van der Waals surface area contributed by atoms with Crippen molar-refractivity contribution in [3.63, 3.8) is 0 Å². The van der Waals surface area contributed by atoms with Crippen LogP contribution < -0.4 is 0 Å². The molecule has 0 saturated heterocycles. The van der Waals surface area contributed by atoms with E-state index in [1.807, 2.05) is 54.6 Å². The minimum atomic E-state index is -0.767. The fraction of sp³-hybridized carbons (Fsp3) is 0.179.